The van der Waals surface area contributed by atoms with Gasteiger partial charge in [0.05, 0.1) is 23.0 Å². The van der Waals surface area contributed by atoms with Crippen molar-refractivity contribution in [2.75, 3.05) is 37.6 Å². The monoisotopic (exact) mass is 287 g/mol. The molecule has 21 heavy (non-hydrogen) atoms. The highest BCUT2D eigenvalue weighted by Gasteiger charge is 2.18. The van der Waals surface area contributed by atoms with E-state index in [0.717, 1.165) is 50.2 Å². The summed E-state index contributed by atoms with van der Waals surface area (Å²) in [7, 11) is 0. The Morgan fingerprint density at radius 2 is 2.10 bits per heavy atom. The van der Waals surface area contributed by atoms with Gasteiger partial charge in [-0.2, -0.15) is 0 Å². The normalized spacial score (nSPS) is 16.5. The number of hydrogen-bond donors (Lipinski definition) is 2. The van der Waals surface area contributed by atoms with Crippen molar-refractivity contribution in [3.63, 3.8) is 0 Å². The first-order valence-corrected chi connectivity index (χ1v) is 7.42. The van der Waals surface area contributed by atoms with Crippen LogP contribution in [0.4, 0.5) is 5.69 Å². The highest BCUT2D eigenvalue weighted by molar-refractivity contribution is 5.88. The van der Waals surface area contributed by atoms with Gasteiger partial charge in [0.1, 0.15) is 0 Å². The Bertz CT molecular complexity index is 615. The number of aromatic nitrogens is 2. The molecule has 0 atom stereocenters. The van der Waals surface area contributed by atoms with Crippen LogP contribution in [-0.2, 0) is 4.79 Å². The topological polar surface area (TPSA) is 78.2 Å². The molecule has 3 N–H and O–H groups in total. The fourth-order valence-corrected chi connectivity index (χ4v) is 2.90. The predicted octanol–water partition coefficient (Wildman–Crippen LogP) is 0.950. The summed E-state index contributed by atoms with van der Waals surface area (Å²) in [5.41, 5.74) is 8.52. The van der Waals surface area contributed by atoms with Crippen LogP contribution in [0.15, 0.2) is 24.5 Å². The smallest absolute Gasteiger partial charge is 0.217 e. The lowest BCUT2D eigenvalue weighted by Gasteiger charge is -2.36. The van der Waals surface area contributed by atoms with Crippen LogP contribution in [0.25, 0.3) is 11.0 Å². The van der Waals surface area contributed by atoms with Crippen molar-refractivity contribution in [2.24, 2.45) is 5.73 Å². The van der Waals surface area contributed by atoms with Gasteiger partial charge in [0.25, 0.3) is 0 Å². The molecule has 1 aromatic carbocycles. The highest BCUT2D eigenvalue weighted by atomic mass is 16.1. The highest BCUT2D eigenvalue weighted by Crippen LogP contribution is 2.24. The fraction of sp³-hybridized carbons (Fsp3) is 0.467. The Kier molecular flexibility index (Phi) is 4.06. The minimum absolute atomic E-state index is 0.209. The fourth-order valence-electron chi connectivity index (χ4n) is 2.90. The third-order valence-corrected chi connectivity index (χ3v) is 4.04. The van der Waals surface area contributed by atoms with Gasteiger partial charge in [0.15, 0.2) is 0 Å². The van der Waals surface area contributed by atoms with Crippen molar-refractivity contribution >= 4 is 22.6 Å². The molecule has 1 aliphatic heterocycles. The summed E-state index contributed by atoms with van der Waals surface area (Å²) in [5, 5.41) is 0. The van der Waals surface area contributed by atoms with Gasteiger partial charge >= 0.3 is 0 Å². The molecule has 112 valence electrons. The number of imidazole rings is 1. The van der Waals surface area contributed by atoms with Crippen LogP contribution in [0.2, 0.25) is 0 Å². The van der Waals surface area contributed by atoms with E-state index in [2.05, 4.69) is 31.9 Å². The number of aromatic amines is 1. The average molecular weight is 287 g/mol. The summed E-state index contributed by atoms with van der Waals surface area (Å²) in [6, 6.07) is 6.22. The number of nitrogens with two attached hydrogens (primary N) is 1. The molecule has 0 bridgehead atoms. The number of benzene rings is 1. The minimum Gasteiger partial charge on any atom is -0.370 e. The number of hydrogen-bond acceptors (Lipinski definition) is 4. The van der Waals surface area contributed by atoms with E-state index in [1.165, 1.54) is 5.69 Å². The molecule has 6 heteroatoms. The van der Waals surface area contributed by atoms with Crippen LogP contribution in [0.5, 0.6) is 0 Å². The second-order valence-corrected chi connectivity index (χ2v) is 5.47. The lowest BCUT2D eigenvalue weighted by atomic mass is 10.2. The van der Waals surface area contributed by atoms with Crippen molar-refractivity contribution in [1.29, 1.82) is 0 Å². The summed E-state index contributed by atoms with van der Waals surface area (Å²) in [5.74, 6) is -0.209. The minimum atomic E-state index is -0.209. The van der Waals surface area contributed by atoms with Gasteiger partial charge in [0, 0.05) is 32.6 Å². The second kappa shape index (κ2) is 6.13. The van der Waals surface area contributed by atoms with Crippen LogP contribution in [0.3, 0.4) is 0 Å². The molecule has 1 aliphatic rings. The predicted molar refractivity (Wildman–Crippen MR) is 83.2 cm³/mol. The van der Waals surface area contributed by atoms with E-state index in [1.54, 1.807) is 6.33 Å². The maximum absolute atomic E-state index is 10.8. The number of piperazine rings is 1. The molecule has 2 heterocycles. The van der Waals surface area contributed by atoms with Crippen molar-refractivity contribution < 1.29 is 4.79 Å². The zero-order valence-corrected chi connectivity index (χ0v) is 12.1. The molecular weight excluding hydrogens is 266 g/mol. The summed E-state index contributed by atoms with van der Waals surface area (Å²) >= 11 is 0. The molecule has 1 aromatic heterocycles. The standard InChI is InChI=1S/C15H21N5O/c16-14(21)5-2-6-19-7-9-20(10-8-19)13-4-1-3-12-15(13)18-11-17-12/h1,3-4,11H,2,5-10H2,(H2,16,21)(H,17,18). The average Bonchev–Trinajstić information content (AvgIpc) is 2.96. The quantitative estimate of drug-likeness (QED) is 0.858. The Labute approximate surface area is 123 Å². The van der Waals surface area contributed by atoms with E-state index in [9.17, 15) is 4.79 Å². The molecule has 3 rings (SSSR count). The van der Waals surface area contributed by atoms with E-state index in [1.807, 2.05) is 6.07 Å². The zero-order chi connectivity index (χ0) is 14.7. The lowest BCUT2D eigenvalue weighted by Crippen LogP contribution is -2.46. The molecule has 6 nitrogen and oxygen atoms in total. The number of H-pyrrole nitrogens is 1. The number of fused-ring (bicyclic) bond motifs is 1. The Hall–Kier alpha value is -2.08. The molecule has 0 saturated carbocycles. The van der Waals surface area contributed by atoms with E-state index in [0.29, 0.717) is 6.42 Å². The van der Waals surface area contributed by atoms with Crippen LogP contribution >= 0.6 is 0 Å². The molecular formula is C15H21N5O. The van der Waals surface area contributed by atoms with Gasteiger partial charge in [-0.15, -0.1) is 0 Å². The van der Waals surface area contributed by atoms with E-state index >= 15 is 0 Å². The van der Waals surface area contributed by atoms with Crippen LogP contribution < -0.4 is 10.6 Å². The summed E-state index contributed by atoms with van der Waals surface area (Å²) in [6.45, 7) is 4.97. The number of anilines is 1. The molecule has 0 aliphatic carbocycles. The zero-order valence-electron chi connectivity index (χ0n) is 12.1. The number of primary amides is 1. The Balaban J connectivity index is 1.58. The van der Waals surface area contributed by atoms with Gasteiger partial charge < -0.3 is 15.6 Å². The largest absolute Gasteiger partial charge is 0.370 e. The Morgan fingerprint density at radius 3 is 2.86 bits per heavy atom. The number of nitrogens with zero attached hydrogens (tertiary/aromatic N) is 3. The van der Waals surface area contributed by atoms with Gasteiger partial charge in [-0.3, -0.25) is 9.69 Å². The van der Waals surface area contributed by atoms with E-state index in [-0.39, 0.29) is 5.91 Å². The summed E-state index contributed by atoms with van der Waals surface area (Å²) in [4.78, 5) is 23.1. The van der Waals surface area contributed by atoms with Crippen LogP contribution in [0.1, 0.15) is 12.8 Å². The Morgan fingerprint density at radius 1 is 1.29 bits per heavy atom. The molecule has 1 saturated heterocycles. The number of para-hydroxylation sites is 1. The van der Waals surface area contributed by atoms with Gasteiger partial charge in [0.2, 0.25) is 5.91 Å². The molecule has 0 unspecified atom stereocenters. The molecule has 2 aromatic rings. The van der Waals surface area contributed by atoms with Crippen molar-refractivity contribution in [2.45, 2.75) is 12.8 Å². The second-order valence-electron chi connectivity index (χ2n) is 5.47. The number of carbonyl (C=O) groups excluding carboxylic acids is 1. The SMILES string of the molecule is NC(=O)CCCN1CCN(c2cccc3nc[nH]c23)CC1. The number of carbonyl (C=O) groups is 1. The number of rotatable bonds is 5. The third kappa shape index (κ3) is 3.16. The molecule has 0 spiro atoms. The first-order chi connectivity index (χ1) is 10.2. The van der Waals surface area contributed by atoms with Gasteiger partial charge in [-0.05, 0) is 25.1 Å². The number of amides is 1. The van der Waals surface area contributed by atoms with Gasteiger partial charge in [-0.1, -0.05) is 6.07 Å². The van der Waals surface area contributed by atoms with Crippen molar-refractivity contribution in [3.8, 4) is 0 Å². The maximum atomic E-state index is 10.8. The van der Waals surface area contributed by atoms with Crippen molar-refractivity contribution in [3.05, 3.63) is 24.5 Å². The van der Waals surface area contributed by atoms with Crippen LogP contribution in [0, 0.1) is 0 Å². The third-order valence-electron chi connectivity index (χ3n) is 4.04. The molecule has 1 fully saturated rings. The first kappa shape index (κ1) is 13.9. The molecule has 0 radical (unpaired) electrons. The molecule has 1 amide bonds. The van der Waals surface area contributed by atoms with E-state index < -0.39 is 0 Å². The van der Waals surface area contributed by atoms with Gasteiger partial charge in [-0.25, -0.2) is 4.98 Å². The first-order valence-electron chi connectivity index (χ1n) is 7.42. The van der Waals surface area contributed by atoms with Crippen LogP contribution in [-0.4, -0.2) is 53.5 Å². The van der Waals surface area contributed by atoms with E-state index in [4.69, 9.17) is 5.73 Å². The lowest BCUT2D eigenvalue weighted by molar-refractivity contribution is -0.118. The maximum Gasteiger partial charge on any atom is 0.217 e. The summed E-state index contributed by atoms with van der Waals surface area (Å²) < 4.78 is 0. The summed E-state index contributed by atoms with van der Waals surface area (Å²) in [6.07, 6.45) is 3.08. The number of nitrogens with one attached hydrogen (secondary N) is 1. The van der Waals surface area contributed by atoms with Crippen molar-refractivity contribution in [1.82, 2.24) is 14.9 Å².